The molecule has 0 radical (unpaired) electrons. The predicted octanol–water partition coefficient (Wildman–Crippen LogP) is 2.86. The van der Waals surface area contributed by atoms with Crippen LogP contribution in [0.15, 0.2) is 54.7 Å². The van der Waals surface area contributed by atoms with E-state index >= 15 is 0 Å². The normalized spacial score (nSPS) is 11.9. The van der Waals surface area contributed by atoms with E-state index in [-0.39, 0.29) is 18.4 Å². The Kier molecular flexibility index (Phi) is 8.83. The lowest BCUT2D eigenvalue weighted by atomic mass is 10.1. The fraction of sp³-hybridized carbons (Fsp3) is 0.360. The molecule has 2 amide bonds. The van der Waals surface area contributed by atoms with E-state index in [0.717, 1.165) is 36.0 Å². The lowest BCUT2D eigenvalue weighted by Crippen LogP contribution is -2.47. The van der Waals surface area contributed by atoms with Gasteiger partial charge in [0.05, 0.1) is 6.54 Å². The molecule has 32 heavy (non-hydrogen) atoms. The van der Waals surface area contributed by atoms with E-state index in [4.69, 9.17) is 5.73 Å². The molecule has 7 heteroatoms. The third kappa shape index (κ3) is 6.93. The highest BCUT2D eigenvalue weighted by Crippen LogP contribution is 2.17. The maximum atomic E-state index is 12.8. The smallest absolute Gasteiger partial charge is 0.246 e. The van der Waals surface area contributed by atoms with Crippen molar-refractivity contribution < 1.29 is 9.59 Å². The van der Waals surface area contributed by atoms with E-state index in [1.54, 1.807) is 0 Å². The minimum absolute atomic E-state index is 0.160. The Hall–Kier alpha value is -3.16. The van der Waals surface area contributed by atoms with Crippen molar-refractivity contribution in [1.29, 1.82) is 0 Å². The second kappa shape index (κ2) is 12.0. The number of anilines is 1. The summed E-state index contributed by atoms with van der Waals surface area (Å²) < 4.78 is 0. The first-order valence-corrected chi connectivity index (χ1v) is 11.2. The molecule has 0 saturated heterocycles. The van der Waals surface area contributed by atoms with Crippen molar-refractivity contribution in [2.45, 2.75) is 38.6 Å². The second-order valence-electron chi connectivity index (χ2n) is 8.05. The van der Waals surface area contributed by atoms with Crippen LogP contribution in [-0.2, 0) is 16.0 Å². The first-order valence-electron chi connectivity index (χ1n) is 11.2. The Morgan fingerprint density at radius 3 is 2.62 bits per heavy atom. The fourth-order valence-electron chi connectivity index (χ4n) is 3.64. The number of amides is 2. The van der Waals surface area contributed by atoms with Crippen molar-refractivity contribution in [3.8, 4) is 0 Å². The number of benzene rings is 2. The third-order valence-corrected chi connectivity index (χ3v) is 5.45. The van der Waals surface area contributed by atoms with Gasteiger partial charge in [0, 0.05) is 22.8 Å². The molecule has 0 aliphatic heterocycles. The van der Waals surface area contributed by atoms with Crippen LogP contribution in [0.25, 0.3) is 10.9 Å². The largest absolute Gasteiger partial charge is 0.361 e. The molecule has 0 fully saturated rings. The average molecular weight is 436 g/mol. The topological polar surface area (TPSA) is 112 Å². The number of H-pyrrole nitrogens is 1. The minimum Gasteiger partial charge on any atom is -0.361 e. The van der Waals surface area contributed by atoms with Crippen LogP contribution >= 0.6 is 0 Å². The number of aryl methyl sites for hydroxylation is 1. The van der Waals surface area contributed by atoms with Gasteiger partial charge < -0.3 is 26.7 Å². The van der Waals surface area contributed by atoms with E-state index in [1.165, 1.54) is 10.9 Å². The van der Waals surface area contributed by atoms with Crippen LogP contribution in [-0.4, -0.2) is 42.5 Å². The summed E-state index contributed by atoms with van der Waals surface area (Å²) in [7, 11) is 0. The molecule has 0 saturated carbocycles. The van der Waals surface area contributed by atoms with Gasteiger partial charge in [-0.05, 0) is 69.5 Å². The number of para-hydroxylation sites is 1. The number of fused-ring (bicyclic) bond motifs is 1. The SMILES string of the molecule is Cc1ccc(NC(=O)[C@H](CCCCN)NC(=O)CNCCc2c[nH]c3ccccc23)cc1. The molecule has 170 valence electrons. The van der Waals surface area contributed by atoms with Crippen LogP contribution < -0.4 is 21.7 Å². The number of nitrogens with one attached hydrogen (secondary N) is 4. The van der Waals surface area contributed by atoms with Gasteiger partial charge >= 0.3 is 0 Å². The molecule has 3 rings (SSSR count). The van der Waals surface area contributed by atoms with Gasteiger partial charge in [-0.15, -0.1) is 0 Å². The van der Waals surface area contributed by atoms with Gasteiger partial charge in [-0.3, -0.25) is 9.59 Å². The number of carbonyl (C=O) groups excluding carboxylic acids is 2. The Morgan fingerprint density at radius 1 is 1.06 bits per heavy atom. The number of hydrogen-bond acceptors (Lipinski definition) is 4. The summed E-state index contributed by atoms with van der Waals surface area (Å²) in [6.07, 6.45) is 4.96. The van der Waals surface area contributed by atoms with Crippen molar-refractivity contribution in [3.05, 3.63) is 65.9 Å². The number of carbonyl (C=O) groups is 2. The Labute approximate surface area is 189 Å². The van der Waals surface area contributed by atoms with Gasteiger partial charge in [0.2, 0.25) is 11.8 Å². The van der Waals surface area contributed by atoms with Gasteiger partial charge in [-0.25, -0.2) is 0 Å². The fourth-order valence-corrected chi connectivity index (χ4v) is 3.64. The van der Waals surface area contributed by atoms with E-state index in [9.17, 15) is 9.59 Å². The van der Waals surface area contributed by atoms with Crippen molar-refractivity contribution in [2.75, 3.05) is 25.0 Å². The number of unbranched alkanes of at least 4 members (excludes halogenated alkanes) is 1. The van der Waals surface area contributed by atoms with E-state index < -0.39 is 6.04 Å². The molecule has 6 N–H and O–H groups in total. The number of hydrogen-bond donors (Lipinski definition) is 5. The van der Waals surface area contributed by atoms with Crippen LogP contribution in [0.4, 0.5) is 5.69 Å². The van der Waals surface area contributed by atoms with Gasteiger partial charge in [-0.1, -0.05) is 35.9 Å². The van der Waals surface area contributed by atoms with E-state index in [0.29, 0.717) is 19.5 Å². The monoisotopic (exact) mass is 435 g/mol. The van der Waals surface area contributed by atoms with Crippen LogP contribution in [0.5, 0.6) is 0 Å². The molecule has 3 aromatic rings. The Balaban J connectivity index is 1.47. The van der Waals surface area contributed by atoms with Crippen molar-refractivity contribution in [1.82, 2.24) is 15.6 Å². The van der Waals surface area contributed by atoms with Crippen LogP contribution in [0.2, 0.25) is 0 Å². The zero-order valence-corrected chi connectivity index (χ0v) is 18.6. The van der Waals surface area contributed by atoms with Crippen molar-refractivity contribution >= 4 is 28.4 Å². The number of aromatic amines is 1. The van der Waals surface area contributed by atoms with Crippen LogP contribution in [0, 0.1) is 6.92 Å². The van der Waals surface area contributed by atoms with Crippen molar-refractivity contribution in [2.24, 2.45) is 5.73 Å². The molecular formula is C25H33N5O2. The highest BCUT2D eigenvalue weighted by atomic mass is 16.2. The number of nitrogens with two attached hydrogens (primary N) is 1. The predicted molar refractivity (Wildman–Crippen MR) is 130 cm³/mol. The average Bonchev–Trinajstić information content (AvgIpc) is 3.21. The van der Waals surface area contributed by atoms with Gasteiger partial charge in [0.1, 0.15) is 6.04 Å². The summed E-state index contributed by atoms with van der Waals surface area (Å²) in [4.78, 5) is 28.5. The summed E-state index contributed by atoms with van der Waals surface area (Å²) in [5.74, 6) is -0.404. The van der Waals surface area contributed by atoms with Crippen LogP contribution in [0.3, 0.4) is 0 Å². The molecule has 0 bridgehead atoms. The highest BCUT2D eigenvalue weighted by molar-refractivity contribution is 5.97. The lowest BCUT2D eigenvalue weighted by Gasteiger charge is -2.19. The standard InChI is InChI=1S/C25H33N5O2/c1-18-9-11-20(12-10-18)29-25(32)23(8-4-5-14-26)30-24(31)17-27-15-13-19-16-28-22-7-3-2-6-21(19)22/h2-3,6-7,9-12,16,23,27-28H,4-5,8,13-15,17,26H2,1H3,(H,29,32)(H,30,31)/t23-/m0/s1. The molecule has 0 spiro atoms. The summed E-state index contributed by atoms with van der Waals surface area (Å²) >= 11 is 0. The maximum Gasteiger partial charge on any atom is 0.246 e. The minimum atomic E-state index is -0.592. The van der Waals surface area contributed by atoms with Gasteiger partial charge in [-0.2, -0.15) is 0 Å². The summed E-state index contributed by atoms with van der Waals surface area (Å²) in [5, 5.41) is 10.1. The summed E-state index contributed by atoms with van der Waals surface area (Å²) in [6.45, 7) is 3.39. The van der Waals surface area contributed by atoms with Crippen LogP contribution in [0.1, 0.15) is 30.4 Å². The molecular weight excluding hydrogens is 402 g/mol. The Bertz CT molecular complexity index is 1010. The molecule has 0 unspecified atom stereocenters. The number of rotatable bonds is 12. The molecule has 1 aromatic heterocycles. The highest BCUT2D eigenvalue weighted by Gasteiger charge is 2.20. The van der Waals surface area contributed by atoms with E-state index in [2.05, 4.69) is 27.0 Å². The summed E-state index contributed by atoms with van der Waals surface area (Å²) in [5.41, 5.74) is 9.75. The second-order valence-corrected chi connectivity index (χ2v) is 8.05. The summed E-state index contributed by atoms with van der Waals surface area (Å²) in [6, 6.07) is 15.2. The quantitative estimate of drug-likeness (QED) is 0.282. The van der Waals surface area contributed by atoms with Gasteiger partial charge in [0.15, 0.2) is 0 Å². The first-order chi connectivity index (χ1) is 15.6. The molecule has 0 aliphatic rings. The first kappa shape index (κ1) is 23.5. The zero-order valence-electron chi connectivity index (χ0n) is 18.6. The maximum absolute atomic E-state index is 12.8. The number of aromatic nitrogens is 1. The zero-order chi connectivity index (χ0) is 22.8. The van der Waals surface area contributed by atoms with E-state index in [1.807, 2.05) is 55.6 Å². The lowest BCUT2D eigenvalue weighted by molar-refractivity contribution is -0.126. The molecule has 0 aliphatic carbocycles. The van der Waals surface area contributed by atoms with Gasteiger partial charge in [0.25, 0.3) is 0 Å². The Morgan fingerprint density at radius 2 is 1.84 bits per heavy atom. The molecule has 7 nitrogen and oxygen atoms in total. The molecule has 2 aromatic carbocycles. The molecule has 1 atom stereocenters. The molecule has 1 heterocycles. The third-order valence-electron chi connectivity index (χ3n) is 5.45. The van der Waals surface area contributed by atoms with Crippen molar-refractivity contribution in [3.63, 3.8) is 0 Å².